The third kappa shape index (κ3) is 5.18. The van der Waals surface area contributed by atoms with Gasteiger partial charge in [0.2, 0.25) is 12.0 Å². The van der Waals surface area contributed by atoms with Gasteiger partial charge in [0.25, 0.3) is 0 Å². The van der Waals surface area contributed by atoms with Crippen molar-refractivity contribution in [1.82, 2.24) is 0 Å². The number of hydrogen-bond acceptors (Lipinski definition) is 16. The number of phenolic OH excluding ortho intramolecular Hbond substituents is 3. The maximum absolute atomic E-state index is 12.9. The number of aromatic hydroxyl groups is 3. The molecule has 1 saturated carbocycles. The van der Waals surface area contributed by atoms with E-state index < -0.39 is 102 Å². The Morgan fingerprint density at radius 2 is 1.62 bits per heavy atom. The third-order valence-corrected chi connectivity index (χ3v) is 8.49. The summed E-state index contributed by atoms with van der Waals surface area (Å²) in [6, 6.07) is 6.61. The molecule has 2 unspecified atom stereocenters. The molecular formula is C29H32O16. The van der Waals surface area contributed by atoms with Gasteiger partial charge < -0.3 is 74.4 Å². The molecule has 3 aromatic rings. The van der Waals surface area contributed by atoms with Gasteiger partial charge >= 0.3 is 0 Å². The van der Waals surface area contributed by atoms with Gasteiger partial charge in [-0.25, -0.2) is 0 Å². The van der Waals surface area contributed by atoms with Crippen LogP contribution < -0.4 is 10.2 Å². The van der Waals surface area contributed by atoms with Gasteiger partial charge in [-0.3, -0.25) is 4.79 Å². The molecule has 3 heterocycles. The summed E-state index contributed by atoms with van der Waals surface area (Å²) < 4.78 is 28.4. The quantitative estimate of drug-likeness (QED) is 0.131. The van der Waals surface area contributed by atoms with Gasteiger partial charge in [-0.15, -0.1) is 0 Å². The fraction of sp³-hybridized carbons (Fsp3) is 0.483. The van der Waals surface area contributed by atoms with E-state index in [0.717, 1.165) is 12.1 Å². The molecule has 1 spiro atoms. The summed E-state index contributed by atoms with van der Waals surface area (Å²) in [4.78, 5) is 12.9. The third-order valence-electron chi connectivity index (χ3n) is 8.49. The zero-order valence-electron chi connectivity index (χ0n) is 23.5. The average Bonchev–Trinajstić information content (AvgIpc) is 3.66. The summed E-state index contributed by atoms with van der Waals surface area (Å²) in [5, 5.41) is 104. The van der Waals surface area contributed by atoms with Gasteiger partial charge in [-0.2, -0.15) is 0 Å². The number of fused-ring (bicyclic) bond motifs is 1. The Labute approximate surface area is 253 Å². The lowest BCUT2D eigenvalue weighted by atomic mass is 9.96. The van der Waals surface area contributed by atoms with Crippen molar-refractivity contribution in [2.75, 3.05) is 6.61 Å². The SMILES string of the molecule is Cc1ccc(-c2cc(=O)c3c(O)c(O)c(O[C@@H]4O[C@H](CO)[C@@H](O)[C@H](O)[C@H]4O[C@@H]4OC5(CC5O)[C@@H](O)[C@H](O)[C@H]4O)cc3o2)cc1O. The molecule has 45 heavy (non-hydrogen) atoms. The van der Waals surface area contributed by atoms with E-state index in [4.69, 9.17) is 23.4 Å². The molecule has 16 heteroatoms. The molecule has 10 N–H and O–H groups in total. The molecule has 1 aromatic heterocycles. The number of hydrogen-bond donors (Lipinski definition) is 10. The van der Waals surface area contributed by atoms with Crippen LogP contribution in [0.3, 0.4) is 0 Å². The van der Waals surface area contributed by atoms with Crippen LogP contribution in [0.15, 0.2) is 39.5 Å². The summed E-state index contributed by atoms with van der Waals surface area (Å²) in [5.41, 5.74) is -1.81. The maximum atomic E-state index is 12.9. The molecule has 6 rings (SSSR count). The monoisotopic (exact) mass is 636 g/mol. The van der Waals surface area contributed by atoms with Crippen LogP contribution in [-0.2, 0) is 14.2 Å². The number of aryl methyl sites for hydroxylation is 1. The Hall–Kier alpha value is -3.55. The molecule has 2 aromatic carbocycles. The van der Waals surface area contributed by atoms with Gasteiger partial charge in [0.1, 0.15) is 64.7 Å². The molecule has 0 bridgehead atoms. The van der Waals surface area contributed by atoms with Crippen molar-refractivity contribution in [3.8, 4) is 34.3 Å². The molecule has 2 saturated heterocycles. The lowest BCUT2D eigenvalue weighted by molar-refractivity contribution is -0.363. The number of aliphatic hydroxyl groups is 7. The number of aliphatic hydroxyl groups excluding tert-OH is 7. The van der Waals surface area contributed by atoms with Gasteiger partial charge in [0.05, 0.1) is 12.7 Å². The second kappa shape index (κ2) is 11.4. The van der Waals surface area contributed by atoms with E-state index in [1.54, 1.807) is 19.1 Å². The van der Waals surface area contributed by atoms with Crippen LogP contribution in [-0.4, -0.2) is 125 Å². The molecule has 3 fully saturated rings. The minimum absolute atomic E-state index is 0.00627. The van der Waals surface area contributed by atoms with E-state index in [2.05, 4.69) is 0 Å². The molecule has 2 aliphatic heterocycles. The first-order valence-corrected chi connectivity index (χ1v) is 13.9. The van der Waals surface area contributed by atoms with Crippen LogP contribution in [0.5, 0.6) is 23.0 Å². The zero-order valence-corrected chi connectivity index (χ0v) is 23.5. The van der Waals surface area contributed by atoms with Crippen molar-refractivity contribution in [2.45, 2.75) is 80.4 Å². The molecule has 244 valence electrons. The highest BCUT2D eigenvalue weighted by Gasteiger charge is 2.68. The van der Waals surface area contributed by atoms with Gasteiger partial charge in [-0.05, 0) is 18.6 Å². The highest BCUT2D eigenvalue weighted by Crippen LogP contribution is 2.49. The van der Waals surface area contributed by atoms with Crippen LogP contribution in [0.2, 0.25) is 0 Å². The van der Waals surface area contributed by atoms with E-state index in [0.29, 0.717) is 11.1 Å². The highest BCUT2D eigenvalue weighted by atomic mass is 16.8. The number of benzene rings is 2. The first-order valence-electron chi connectivity index (χ1n) is 13.9. The average molecular weight is 637 g/mol. The highest BCUT2D eigenvalue weighted by molar-refractivity contribution is 5.89. The summed E-state index contributed by atoms with van der Waals surface area (Å²) >= 11 is 0. The summed E-state index contributed by atoms with van der Waals surface area (Å²) in [7, 11) is 0. The second-order valence-corrected chi connectivity index (χ2v) is 11.4. The molecule has 16 nitrogen and oxygen atoms in total. The van der Waals surface area contributed by atoms with E-state index >= 15 is 0 Å². The Morgan fingerprint density at radius 1 is 0.911 bits per heavy atom. The van der Waals surface area contributed by atoms with E-state index in [1.165, 1.54) is 6.07 Å². The first kappa shape index (κ1) is 31.4. The molecule has 3 aliphatic rings. The van der Waals surface area contributed by atoms with Crippen LogP contribution in [0.4, 0.5) is 0 Å². The van der Waals surface area contributed by atoms with Crippen molar-refractivity contribution in [3.63, 3.8) is 0 Å². The smallest absolute Gasteiger partial charge is 0.229 e. The van der Waals surface area contributed by atoms with E-state index in [1.807, 2.05) is 0 Å². The standard InChI is InChI=1S/C29H32O16/c1-9-2-3-10(4-11(9)31)13-5-12(32)18-14(41-13)6-15(19(34)21(18)36)42-28-25(22(37)20(35)16(8-30)43-28)44-27-24(39)23(38)26(40)29(45-27)7-17(29)33/h2-6,16-17,20,22-28,30-31,33-40H,7-8H2,1H3/t16-,17?,20-,22+,23-,24-,25-,26+,27-,28-,29?/m1/s1. The summed E-state index contributed by atoms with van der Waals surface area (Å²) in [6.45, 7) is 0.853. The Morgan fingerprint density at radius 3 is 2.27 bits per heavy atom. The fourth-order valence-electron chi connectivity index (χ4n) is 5.63. The minimum atomic E-state index is -1.91. The fourth-order valence-corrected chi connectivity index (χ4v) is 5.63. The largest absolute Gasteiger partial charge is 0.508 e. The van der Waals surface area contributed by atoms with Crippen molar-refractivity contribution in [2.24, 2.45) is 0 Å². The lowest BCUT2D eigenvalue weighted by Crippen LogP contribution is -2.65. The van der Waals surface area contributed by atoms with Crippen molar-refractivity contribution in [3.05, 3.63) is 46.1 Å². The van der Waals surface area contributed by atoms with Gasteiger partial charge in [-0.1, -0.05) is 12.1 Å². The Balaban J connectivity index is 1.36. The number of phenols is 3. The normalized spacial score (nSPS) is 36.4. The van der Waals surface area contributed by atoms with E-state index in [-0.39, 0.29) is 23.5 Å². The lowest BCUT2D eigenvalue weighted by Gasteiger charge is -2.46. The molecular weight excluding hydrogens is 604 g/mol. The number of ether oxygens (including phenoxy) is 4. The van der Waals surface area contributed by atoms with Gasteiger partial charge in [0, 0.05) is 24.1 Å². The summed E-state index contributed by atoms with van der Waals surface area (Å²) in [6.07, 6.45) is -17.3. The topological polar surface area (TPSA) is 269 Å². The molecule has 1 aliphatic carbocycles. The van der Waals surface area contributed by atoms with Crippen molar-refractivity contribution >= 4 is 11.0 Å². The van der Waals surface area contributed by atoms with Crippen LogP contribution in [0.25, 0.3) is 22.3 Å². The molecule has 0 amide bonds. The molecule has 0 radical (unpaired) electrons. The van der Waals surface area contributed by atoms with Crippen molar-refractivity contribution < 1.29 is 74.4 Å². The first-order chi connectivity index (χ1) is 21.3. The zero-order chi connectivity index (χ0) is 32.5. The Kier molecular flexibility index (Phi) is 7.93. The van der Waals surface area contributed by atoms with Crippen LogP contribution >= 0.6 is 0 Å². The predicted octanol–water partition coefficient (Wildman–Crippen LogP) is -1.97. The minimum Gasteiger partial charge on any atom is -0.508 e. The summed E-state index contributed by atoms with van der Waals surface area (Å²) in [5.74, 6) is -2.53. The van der Waals surface area contributed by atoms with Crippen LogP contribution in [0.1, 0.15) is 12.0 Å². The van der Waals surface area contributed by atoms with E-state index in [9.17, 15) is 55.9 Å². The molecule has 11 atom stereocenters. The maximum Gasteiger partial charge on any atom is 0.229 e. The second-order valence-electron chi connectivity index (χ2n) is 11.4. The predicted molar refractivity (Wildman–Crippen MR) is 147 cm³/mol. The number of rotatable bonds is 6. The Bertz CT molecular complexity index is 1660. The van der Waals surface area contributed by atoms with Crippen molar-refractivity contribution in [1.29, 1.82) is 0 Å². The van der Waals surface area contributed by atoms with Crippen LogP contribution in [0, 0.1) is 6.92 Å². The van der Waals surface area contributed by atoms with Gasteiger partial charge in [0.15, 0.2) is 29.3 Å².